The Morgan fingerprint density at radius 1 is 1.14 bits per heavy atom. The Kier molecular flexibility index (Phi) is 3.03. The summed E-state index contributed by atoms with van der Waals surface area (Å²) in [6.07, 6.45) is 1.07. The maximum absolute atomic E-state index is 13.6. The van der Waals surface area contributed by atoms with E-state index in [-0.39, 0.29) is 5.82 Å². The van der Waals surface area contributed by atoms with Crippen LogP contribution in [0.1, 0.15) is 16.8 Å². The van der Waals surface area contributed by atoms with Crippen LogP contribution in [0.4, 0.5) is 4.39 Å². The van der Waals surface area contributed by atoms with Crippen molar-refractivity contribution in [3.05, 3.63) is 65.1 Å². The van der Waals surface area contributed by atoms with Gasteiger partial charge in [-0.2, -0.15) is 0 Å². The summed E-state index contributed by atoms with van der Waals surface area (Å²) in [5.41, 5.74) is 5.08. The van der Waals surface area contributed by atoms with Crippen LogP contribution >= 0.6 is 11.8 Å². The van der Waals surface area contributed by atoms with E-state index in [0.717, 1.165) is 29.6 Å². The van der Waals surface area contributed by atoms with E-state index in [9.17, 15) is 4.39 Å². The highest BCUT2D eigenvalue weighted by Crippen LogP contribution is 2.40. The Morgan fingerprint density at radius 3 is 2.76 bits per heavy atom. The number of nitrogens with zero attached hydrogens (tertiary/aromatic N) is 1. The lowest BCUT2D eigenvalue weighted by Crippen LogP contribution is -2.04. The molecule has 3 heteroatoms. The van der Waals surface area contributed by atoms with Crippen LogP contribution in [0.2, 0.25) is 0 Å². The molecule has 0 spiro atoms. The van der Waals surface area contributed by atoms with Crippen LogP contribution in [-0.4, -0.2) is 10.3 Å². The lowest BCUT2D eigenvalue weighted by Gasteiger charge is -2.10. The highest BCUT2D eigenvalue weighted by atomic mass is 32.2. The number of hydrogen-bond acceptors (Lipinski definition) is 1. The van der Waals surface area contributed by atoms with Gasteiger partial charge in [-0.3, -0.25) is 0 Å². The first-order valence-electron chi connectivity index (χ1n) is 7.21. The summed E-state index contributed by atoms with van der Waals surface area (Å²) in [6.45, 7) is 2.96. The minimum absolute atomic E-state index is 0.148. The van der Waals surface area contributed by atoms with Crippen molar-refractivity contribution >= 4 is 22.7 Å². The molecule has 0 amide bonds. The van der Waals surface area contributed by atoms with Gasteiger partial charge in [-0.1, -0.05) is 29.8 Å². The summed E-state index contributed by atoms with van der Waals surface area (Å²) < 4.78 is 15.9. The lowest BCUT2D eigenvalue weighted by molar-refractivity contribution is 0.629. The number of benzene rings is 2. The van der Waals surface area contributed by atoms with Crippen molar-refractivity contribution in [3.8, 4) is 0 Å². The average molecular weight is 297 g/mol. The Bertz CT molecular complexity index is 817. The molecule has 0 atom stereocenters. The molecule has 1 aromatic heterocycles. The third-order valence-corrected chi connectivity index (χ3v) is 5.28. The molecule has 2 aromatic carbocycles. The SMILES string of the molecule is Cc1ccc(Cn2c3c(c4cc(F)ccc42)SCC3)cc1. The van der Waals surface area contributed by atoms with E-state index in [1.807, 2.05) is 17.8 Å². The molecule has 0 unspecified atom stereocenters. The zero-order valence-corrected chi connectivity index (χ0v) is 12.7. The second-order valence-corrected chi connectivity index (χ2v) is 6.71. The molecule has 0 radical (unpaired) electrons. The summed E-state index contributed by atoms with van der Waals surface area (Å²) in [7, 11) is 0. The minimum Gasteiger partial charge on any atom is -0.339 e. The molecule has 2 heterocycles. The largest absolute Gasteiger partial charge is 0.339 e. The van der Waals surface area contributed by atoms with Gasteiger partial charge in [0, 0.05) is 33.8 Å². The van der Waals surface area contributed by atoms with Crippen molar-refractivity contribution in [3.63, 3.8) is 0 Å². The molecule has 0 aliphatic carbocycles. The van der Waals surface area contributed by atoms with Gasteiger partial charge in [-0.25, -0.2) is 4.39 Å². The van der Waals surface area contributed by atoms with Gasteiger partial charge in [0.1, 0.15) is 5.82 Å². The Balaban J connectivity index is 1.86. The predicted molar refractivity (Wildman–Crippen MR) is 86.6 cm³/mol. The van der Waals surface area contributed by atoms with Gasteiger partial charge < -0.3 is 4.57 Å². The molecular weight excluding hydrogens is 281 g/mol. The van der Waals surface area contributed by atoms with E-state index < -0.39 is 0 Å². The quantitative estimate of drug-likeness (QED) is 0.658. The Morgan fingerprint density at radius 2 is 1.95 bits per heavy atom. The normalized spacial score (nSPS) is 13.8. The van der Waals surface area contributed by atoms with Gasteiger partial charge in [0.05, 0.1) is 0 Å². The number of aromatic nitrogens is 1. The van der Waals surface area contributed by atoms with Crippen molar-refractivity contribution in [2.75, 3.05) is 5.75 Å². The Hall–Kier alpha value is -1.74. The van der Waals surface area contributed by atoms with Gasteiger partial charge in [0.2, 0.25) is 0 Å². The van der Waals surface area contributed by atoms with E-state index >= 15 is 0 Å². The summed E-state index contributed by atoms with van der Waals surface area (Å²) in [6, 6.07) is 13.8. The molecule has 4 rings (SSSR count). The van der Waals surface area contributed by atoms with Crippen molar-refractivity contribution in [2.45, 2.75) is 24.8 Å². The second kappa shape index (κ2) is 4.92. The fourth-order valence-electron chi connectivity index (χ4n) is 3.06. The van der Waals surface area contributed by atoms with Crippen LogP contribution in [0.15, 0.2) is 47.4 Å². The number of halogens is 1. The number of hydrogen-bond donors (Lipinski definition) is 0. The monoisotopic (exact) mass is 297 g/mol. The molecule has 0 saturated carbocycles. The molecule has 0 fully saturated rings. The molecule has 21 heavy (non-hydrogen) atoms. The highest BCUT2D eigenvalue weighted by Gasteiger charge is 2.22. The standard InChI is InChI=1S/C18H16FNS/c1-12-2-4-13(5-3-12)11-20-16-7-6-14(19)10-15(16)18-17(20)8-9-21-18/h2-7,10H,8-9,11H2,1H3. The topological polar surface area (TPSA) is 4.93 Å². The van der Waals surface area contributed by atoms with Gasteiger partial charge in [0.25, 0.3) is 0 Å². The first kappa shape index (κ1) is 13.0. The summed E-state index contributed by atoms with van der Waals surface area (Å²) in [5.74, 6) is 0.954. The van der Waals surface area contributed by atoms with E-state index in [1.165, 1.54) is 21.7 Å². The molecule has 1 nitrogen and oxygen atoms in total. The fraction of sp³-hybridized carbons (Fsp3) is 0.222. The Labute approximate surface area is 127 Å². The van der Waals surface area contributed by atoms with Crippen molar-refractivity contribution in [1.29, 1.82) is 0 Å². The van der Waals surface area contributed by atoms with Crippen LogP contribution in [0.3, 0.4) is 0 Å². The summed E-state index contributed by atoms with van der Waals surface area (Å²) in [5, 5.41) is 1.07. The van der Waals surface area contributed by atoms with E-state index in [2.05, 4.69) is 35.8 Å². The van der Waals surface area contributed by atoms with Gasteiger partial charge in [0.15, 0.2) is 0 Å². The van der Waals surface area contributed by atoms with Crippen LogP contribution < -0.4 is 0 Å². The third kappa shape index (κ3) is 2.16. The average Bonchev–Trinajstić information content (AvgIpc) is 3.05. The van der Waals surface area contributed by atoms with Crippen molar-refractivity contribution in [2.24, 2.45) is 0 Å². The summed E-state index contributed by atoms with van der Waals surface area (Å²) >= 11 is 1.85. The lowest BCUT2D eigenvalue weighted by atomic mass is 10.1. The predicted octanol–water partition coefficient (Wildman–Crippen LogP) is 4.79. The van der Waals surface area contributed by atoms with Crippen LogP contribution in [-0.2, 0) is 13.0 Å². The van der Waals surface area contributed by atoms with Crippen LogP contribution in [0.25, 0.3) is 10.9 Å². The van der Waals surface area contributed by atoms with E-state index in [4.69, 9.17) is 0 Å². The van der Waals surface area contributed by atoms with E-state index in [1.54, 1.807) is 12.1 Å². The second-order valence-electron chi connectivity index (χ2n) is 5.61. The van der Waals surface area contributed by atoms with Crippen molar-refractivity contribution < 1.29 is 4.39 Å². The first-order chi connectivity index (χ1) is 10.2. The zero-order chi connectivity index (χ0) is 14.4. The van der Waals surface area contributed by atoms with Crippen LogP contribution in [0.5, 0.6) is 0 Å². The molecule has 0 N–H and O–H groups in total. The maximum atomic E-state index is 13.6. The minimum atomic E-state index is -0.148. The van der Waals surface area contributed by atoms with Crippen LogP contribution in [0, 0.1) is 12.7 Å². The van der Waals surface area contributed by atoms with Gasteiger partial charge in [-0.15, -0.1) is 11.8 Å². The van der Waals surface area contributed by atoms with E-state index in [0.29, 0.717) is 0 Å². The zero-order valence-electron chi connectivity index (χ0n) is 11.9. The fourth-order valence-corrected chi connectivity index (χ4v) is 4.26. The number of thioether (sulfide) groups is 1. The molecule has 3 aromatic rings. The molecular formula is C18H16FNS. The molecule has 1 aliphatic heterocycles. The van der Waals surface area contributed by atoms with Gasteiger partial charge in [-0.05, 0) is 37.1 Å². The molecule has 0 saturated heterocycles. The molecule has 106 valence electrons. The number of aryl methyl sites for hydroxylation is 1. The molecule has 1 aliphatic rings. The number of rotatable bonds is 2. The number of fused-ring (bicyclic) bond motifs is 3. The smallest absolute Gasteiger partial charge is 0.123 e. The maximum Gasteiger partial charge on any atom is 0.123 e. The highest BCUT2D eigenvalue weighted by molar-refractivity contribution is 7.99. The first-order valence-corrected chi connectivity index (χ1v) is 8.20. The summed E-state index contributed by atoms with van der Waals surface area (Å²) in [4.78, 5) is 1.27. The van der Waals surface area contributed by atoms with Crippen molar-refractivity contribution in [1.82, 2.24) is 4.57 Å². The van der Waals surface area contributed by atoms with Gasteiger partial charge >= 0.3 is 0 Å². The molecule has 0 bridgehead atoms. The third-order valence-electron chi connectivity index (χ3n) is 4.13.